The van der Waals surface area contributed by atoms with Crippen LogP contribution in [0.5, 0.6) is 0 Å². The highest BCUT2D eigenvalue weighted by molar-refractivity contribution is 5.96. The Morgan fingerprint density at radius 3 is 2.77 bits per heavy atom. The van der Waals surface area contributed by atoms with Crippen LogP contribution in [0.4, 0.5) is 19.0 Å². The van der Waals surface area contributed by atoms with Gasteiger partial charge in [0.15, 0.2) is 6.04 Å². The monoisotopic (exact) mass is 439 g/mol. The number of aromatic nitrogens is 3. The average Bonchev–Trinajstić information content (AvgIpc) is 3.34. The summed E-state index contributed by atoms with van der Waals surface area (Å²) in [6.07, 6.45) is -0.937. The van der Waals surface area contributed by atoms with E-state index in [-0.39, 0.29) is 24.4 Å². The average molecular weight is 439 g/mol. The highest BCUT2D eigenvalue weighted by atomic mass is 19.4. The maximum absolute atomic E-state index is 13.7. The molecule has 0 saturated carbocycles. The number of aryl methyl sites for hydroxylation is 2. The highest BCUT2D eigenvalue weighted by Gasteiger charge is 2.46. The number of nitrogens with zero attached hydrogens (tertiary/aromatic N) is 4. The number of likely N-dealkylation sites (tertiary alicyclic amines) is 1. The number of hydrogen-bond donors (Lipinski definition) is 1. The van der Waals surface area contributed by atoms with E-state index in [9.17, 15) is 18.0 Å². The molecule has 7 nitrogen and oxygen atoms in total. The zero-order chi connectivity index (χ0) is 22.3. The van der Waals surface area contributed by atoms with Gasteiger partial charge in [0.2, 0.25) is 0 Å². The molecular weight excluding hydrogens is 411 g/mol. The maximum Gasteiger partial charge on any atom is 0.410 e. The Balaban J connectivity index is 1.69. The van der Waals surface area contributed by atoms with E-state index < -0.39 is 12.2 Å². The zero-order valence-electron chi connectivity index (χ0n) is 18.0. The molecule has 31 heavy (non-hydrogen) atoms. The van der Waals surface area contributed by atoms with Crippen LogP contribution in [0, 0.1) is 6.92 Å². The molecule has 2 aromatic rings. The van der Waals surface area contributed by atoms with Crippen molar-refractivity contribution in [3.05, 3.63) is 28.8 Å². The van der Waals surface area contributed by atoms with Crippen molar-refractivity contribution in [3.63, 3.8) is 0 Å². The number of carbonyl (C=O) groups excluding carboxylic acids is 1. The maximum atomic E-state index is 13.7. The van der Waals surface area contributed by atoms with Crippen LogP contribution in [-0.4, -0.2) is 44.5 Å². The van der Waals surface area contributed by atoms with Crippen LogP contribution in [0.15, 0.2) is 10.6 Å². The molecule has 1 fully saturated rings. The molecule has 0 aromatic carbocycles. The summed E-state index contributed by atoms with van der Waals surface area (Å²) in [5.41, 5.74) is 1.48. The van der Waals surface area contributed by atoms with Gasteiger partial charge in [-0.05, 0) is 39.0 Å². The first-order valence-electron chi connectivity index (χ1n) is 10.9. The van der Waals surface area contributed by atoms with Gasteiger partial charge in [-0.15, -0.1) is 0 Å². The van der Waals surface area contributed by atoms with Crippen molar-refractivity contribution in [2.75, 3.05) is 11.9 Å². The van der Waals surface area contributed by atoms with Crippen molar-refractivity contribution in [1.29, 1.82) is 0 Å². The predicted octanol–water partition coefficient (Wildman–Crippen LogP) is 4.81. The van der Waals surface area contributed by atoms with Crippen molar-refractivity contribution >= 4 is 11.7 Å². The molecule has 0 unspecified atom stereocenters. The Bertz CT molecular complexity index is 951. The smallest absolute Gasteiger partial charge is 0.367 e. The molecule has 2 aromatic heterocycles. The van der Waals surface area contributed by atoms with Crippen LogP contribution >= 0.6 is 0 Å². The van der Waals surface area contributed by atoms with Gasteiger partial charge in [0, 0.05) is 25.1 Å². The molecule has 0 radical (unpaired) electrons. The number of amides is 1. The fourth-order valence-electron chi connectivity index (χ4n) is 4.66. The van der Waals surface area contributed by atoms with E-state index in [0.717, 1.165) is 17.5 Å². The number of fused-ring (bicyclic) bond motifs is 1. The summed E-state index contributed by atoms with van der Waals surface area (Å²) >= 11 is 0. The predicted molar refractivity (Wildman–Crippen MR) is 108 cm³/mol. The first kappa shape index (κ1) is 21.7. The molecule has 0 aliphatic carbocycles. The minimum Gasteiger partial charge on any atom is -0.367 e. The molecular formula is C21H28F3N5O2. The van der Waals surface area contributed by atoms with Crippen molar-refractivity contribution < 1.29 is 22.5 Å². The van der Waals surface area contributed by atoms with Crippen LogP contribution in [0.2, 0.25) is 0 Å². The Morgan fingerprint density at radius 1 is 1.32 bits per heavy atom. The molecule has 2 aliphatic heterocycles. The first-order valence-corrected chi connectivity index (χ1v) is 10.9. The van der Waals surface area contributed by atoms with Gasteiger partial charge < -0.3 is 14.7 Å². The quantitative estimate of drug-likeness (QED) is 0.740. The molecule has 3 atom stereocenters. The lowest BCUT2D eigenvalue weighted by molar-refractivity contribution is -0.173. The van der Waals surface area contributed by atoms with Gasteiger partial charge in [0.25, 0.3) is 5.91 Å². The molecule has 4 heterocycles. The minimum absolute atomic E-state index is 0.0544. The van der Waals surface area contributed by atoms with Crippen LogP contribution < -0.4 is 5.32 Å². The second-order valence-electron chi connectivity index (χ2n) is 8.37. The van der Waals surface area contributed by atoms with Crippen LogP contribution in [0.25, 0.3) is 0 Å². The topological polar surface area (TPSA) is 76.2 Å². The van der Waals surface area contributed by atoms with E-state index in [1.807, 2.05) is 13.8 Å². The minimum atomic E-state index is -4.38. The third-order valence-electron chi connectivity index (χ3n) is 6.35. The zero-order valence-corrected chi connectivity index (χ0v) is 18.0. The standard InChI is InChI=1S/C21H28F3N5O2/c1-4-13-10-17(21(22,23)24)29-18(25-13)11-14(26-29)15-8-6-7-9-28(15)20(30)19-12(3)27-31-16(19)5-2/h11,13,15,17,25H,4-10H2,1-3H3/t13-,15+,17-/m1/s1. The Kier molecular flexibility index (Phi) is 5.74. The van der Waals surface area contributed by atoms with Gasteiger partial charge in [-0.2, -0.15) is 18.3 Å². The lowest BCUT2D eigenvalue weighted by atomic mass is 9.97. The summed E-state index contributed by atoms with van der Waals surface area (Å²) in [4.78, 5) is 15.1. The summed E-state index contributed by atoms with van der Waals surface area (Å²) < 4.78 is 47.5. The van der Waals surface area contributed by atoms with Crippen molar-refractivity contribution in [2.24, 2.45) is 0 Å². The lowest BCUT2D eigenvalue weighted by Crippen LogP contribution is -2.40. The summed E-state index contributed by atoms with van der Waals surface area (Å²) in [5, 5.41) is 11.5. The van der Waals surface area contributed by atoms with Crippen LogP contribution in [0.3, 0.4) is 0 Å². The summed E-state index contributed by atoms with van der Waals surface area (Å²) in [6.45, 7) is 6.01. The molecule has 4 rings (SSSR count). The number of piperidine rings is 1. The highest BCUT2D eigenvalue weighted by Crippen LogP contribution is 2.42. The second kappa shape index (κ2) is 8.20. The van der Waals surface area contributed by atoms with E-state index in [2.05, 4.69) is 15.6 Å². The van der Waals surface area contributed by atoms with Crippen molar-refractivity contribution in [2.45, 2.75) is 83.6 Å². The van der Waals surface area contributed by atoms with Crippen molar-refractivity contribution in [1.82, 2.24) is 19.8 Å². The van der Waals surface area contributed by atoms with Gasteiger partial charge in [-0.25, -0.2) is 4.68 Å². The molecule has 170 valence electrons. The number of anilines is 1. The lowest BCUT2D eigenvalue weighted by Gasteiger charge is -2.35. The fourth-order valence-corrected chi connectivity index (χ4v) is 4.66. The van der Waals surface area contributed by atoms with E-state index in [0.29, 0.717) is 54.3 Å². The van der Waals surface area contributed by atoms with Gasteiger partial charge in [-0.1, -0.05) is 19.0 Å². The Morgan fingerprint density at radius 2 is 2.10 bits per heavy atom. The molecule has 0 spiro atoms. The van der Waals surface area contributed by atoms with E-state index in [1.54, 1.807) is 17.9 Å². The summed E-state index contributed by atoms with van der Waals surface area (Å²) in [6, 6.07) is -0.631. The number of nitrogens with one attached hydrogen (secondary N) is 1. The molecule has 0 bridgehead atoms. The fraction of sp³-hybridized carbons (Fsp3) is 0.667. The largest absolute Gasteiger partial charge is 0.410 e. The third kappa shape index (κ3) is 3.92. The summed E-state index contributed by atoms with van der Waals surface area (Å²) in [7, 11) is 0. The third-order valence-corrected chi connectivity index (χ3v) is 6.35. The molecule has 1 amide bonds. The van der Waals surface area contributed by atoms with E-state index in [4.69, 9.17) is 4.52 Å². The van der Waals surface area contributed by atoms with Crippen LogP contribution in [0.1, 0.15) is 85.5 Å². The molecule has 1 N–H and O–H groups in total. The Hall–Kier alpha value is -2.52. The van der Waals surface area contributed by atoms with Gasteiger partial charge in [0.05, 0.1) is 17.4 Å². The molecule has 2 aliphatic rings. The van der Waals surface area contributed by atoms with Gasteiger partial charge in [0.1, 0.15) is 17.1 Å². The van der Waals surface area contributed by atoms with Gasteiger partial charge in [-0.3, -0.25) is 4.79 Å². The molecule has 1 saturated heterocycles. The van der Waals surface area contributed by atoms with Crippen LogP contribution in [-0.2, 0) is 6.42 Å². The Labute approximate surface area is 178 Å². The van der Waals surface area contributed by atoms with E-state index >= 15 is 0 Å². The molecule has 10 heteroatoms. The first-order chi connectivity index (χ1) is 14.7. The second-order valence-corrected chi connectivity index (χ2v) is 8.37. The van der Waals surface area contributed by atoms with E-state index in [1.165, 1.54) is 0 Å². The number of halogens is 3. The SMILES string of the molecule is CCc1onc(C)c1C(=O)N1CCCC[C@H]1c1cc2n(n1)[C@@H](C(F)(F)F)C[C@@H](CC)N2. The number of alkyl halides is 3. The number of hydrogen-bond acceptors (Lipinski definition) is 5. The van der Waals surface area contributed by atoms with Gasteiger partial charge >= 0.3 is 6.18 Å². The summed E-state index contributed by atoms with van der Waals surface area (Å²) in [5.74, 6) is 0.697. The normalized spacial score (nSPS) is 24.1. The van der Waals surface area contributed by atoms with Crippen molar-refractivity contribution in [3.8, 4) is 0 Å². The number of rotatable bonds is 4. The number of carbonyl (C=O) groups is 1.